The van der Waals surface area contributed by atoms with Crippen LogP contribution in [0.5, 0.6) is 0 Å². The van der Waals surface area contributed by atoms with Crippen LogP contribution in [0.2, 0.25) is 0 Å². The first kappa shape index (κ1) is 14.7. The quantitative estimate of drug-likeness (QED) is 0.870. The molecule has 2 aromatic rings. The van der Waals surface area contributed by atoms with E-state index in [1.807, 2.05) is 25.1 Å². The van der Waals surface area contributed by atoms with Gasteiger partial charge in [0.25, 0.3) is 0 Å². The molecule has 0 saturated heterocycles. The fourth-order valence-electron chi connectivity index (χ4n) is 2.17. The van der Waals surface area contributed by atoms with Crippen LogP contribution >= 0.6 is 0 Å². The molecule has 1 N–H and O–H groups in total. The summed E-state index contributed by atoms with van der Waals surface area (Å²) in [5.74, 6) is -1.08. The lowest BCUT2D eigenvalue weighted by Gasteiger charge is -2.12. The van der Waals surface area contributed by atoms with Gasteiger partial charge in [0, 0.05) is 24.2 Å². The van der Waals surface area contributed by atoms with Gasteiger partial charge in [-0.05, 0) is 35.7 Å². The molecule has 0 aromatic heterocycles. The predicted octanol–water partition coefficient (Wildman–Crippen LogP) is 4.44. The van der Waals surface area contributed by atoms with Crippen LogP contribution in [0.15, 0.2) is 36.4 Å². The van der Waals surface area contributed by atoms with Crippen LogP contribution in [0.25, 0.3) is 11.1 Å². The van der Waals surface area contributed by atoms with Gasteiger partial charge in [-0.15, -0.1) is 0 Å². The van der Waals surface area contributed by atoms with Crippen molar-refractivity contribution in [3.05, 3.63) is 59.2 Å². The Morgan fingerprint density at radius 3 is 2.30 bits per heavy atom. The summed E-state index contributed by atoms with van der Waals surface area (Å²) in [6.07, 6.45) is 0. The van der Waals surface area contributed by atoms with Gasteiger partial charge in [0.1, 0.15) is 11.6 Å². The number of benzene rings is 2. The molecule has 0 saturated carbocycles. The number of hydrogen-bond donors (Lipinski definition) is 1. The minimum Gasteiger partial charge on any atom is -0.310 e. The first-order chi connectivity index (χ1) is 9.47. The van der Waals surface area contributed by atoms with Crippen LogP contribution in [0, 0.1) is 18.6 Å². The van der Waals surface area contributed by atoms with E-state index >= 15 is 0 Å². The summed E-state index contributed by atoms with van der Waals surface area (Å²) >= 11 is 0. The molecule has 0 spiro atoms. The Morgan fingerprint density at radius 2 is 1.70 bits per heavy atom. The van der Waals surface area contributed by atoms with E-state index in [9.17, 15) is 8.78 Å². The van der Waals surface area contributed by atoms with Crippen molar-refractivity contribution < 1.29 is 8.78 Å². The van der Waals surface area contributed by atoms with Gasteiger partial charge in [-0.3, -0.25) is 0 Å². The number of hydrogen-bond acceptors (Lipinski definition) is 1. The molecular formula is C17H19F2N. The molecule has 0 aliphatic rings. The van der Waals surface area contributed by atoms with Gasteiger partial charge >= 0.3 is 0 Å². The Balaban J connectivity index is 2.29. The van der Waals surface area contributed by atoms with Gasteiger partial charge in [0.2, 0.25) is 0 Å². The van der Waals surface area contributed by atoms with E-state index in [0.29, 0.717) is 11.6 Å². The molecule has 2 rings (SSSR count). The Hall–Kier alpha value is -1.74. The van der Waals surface area contributed by atoms with Crippen LogP contribution < -0.4 is 5.32 Å². The highest BCUT2D eigenvalue weighted by molar-refractivity contribution is 5.68. The average molecular weight is 275 g/mol. The average Bonchev–Trinajstić information content (AvgIpc) is 2.37. The third-order valence-corrected chi connectivity index (χ3v) is 3.23. The summed E-state index contributed by atoms with van der Waals surface area (Å²) in [6, 6.07) is 10.0. The highest BCUT2D eigenvalue weighted by atomic mass is 19.1. The predicted molar refractivity (Wildman–Crippen MR) is 78.5 cm³/mol. The molecule has 1 nitrogen and oxygen atoms in total. The van der Waals surface area contributed by atoms with Gasteiger partial charge in [0.05, 0.1) is 0 Å². The summed E-state index contributed by atoms with van der Waals surface area (Å²) in [4.78, 5) is 0. The molecule has 0 aliphatic carbocycles. The second-order valence-electron chi connectivity index (χ2n) is 5.31. The van der Waals surface area contributed by atoms with Gasteiger partial charge in [-0.2, -0.15) is 0 Å². The summed E-state index contributed by atoms with van der Waals surface area (Å²) in [6.45, 7) is 6.91. The molecule has 0 atom stereocenters. The lowest BCUT2D eigenvalue weighted by atomic mass is 9.98. The summed E-state index contributed by atoms with van der Waals surface area (Å²) in [7, 11) is 0. The molecule has 0 unspecified atom stereocenters. The first-order valence-electron chi connectivity index (χ1n) is 6.75. The first-order valence-corrected chi connectivity index (χ1v) is 6.75. The number of rotatable bonds is 4. The number of nitrogens with one attached hydrogen (secondary N) is 1. The van der Waals surface area contributed by atoms with Gasteiger partial charge in [-0.1, -0.05) is 32.0 Å². The van der Waals surface area contributed by atoms with E-state index in [4.69, 9.17) is 0 Å². The van der Waals surface area contributed by atoms with E-state index in [1.54, 1.807) is 0 Å². The second-order valence-corrected chi connectivity index (χ2v) is 5.31. The third kappa shape index (κ3) is 3.42. The monoisotopic (exact) mass is 275 g/mol. The fourth-order valence-corrected chi connectivity index (χ4v) is 2.17. The zero-order chi connectivity index (χ0) is 14.7. The second kappa shape index (κ2) is 6.14. The summed E-state index contributed by atoms with van der Waals surface area (Å²) in [5, 5.41) is 3.34. The Morgan fingerprint density at radius 1 is 1.00 bits per heavy atom. The van der Waals surface area contributed by atoms with Crippen molar-refractivity contribution in [1.82, 2.24) is 5.32 Å². The zero-order valence-electron chi connectivity index (χ0n) is 12.0. The summed E-state index contributed by atoms with van der Waals surface area (Å²) < 4.78 is 26.8. The Kier molecular flexibility index (Phi) is 4.50. The molecule has 0 heterocycles. The minimum absolute atomic E-state index is 0.421. The maximum Gasteiger partial charge on any atom is 0.133 e. The molecule has 2 aromatic carbocycles. The van der Waals surface area contributed by atoms with Crippen molar-refractivity contribution in [2.24, 2.45) is 0 Å². The van der Waals surface area contributed by atoms with Crippen molar-refractivity contribution in [2.75, 3.05) is 0 Å². The van der Waals surface area contributed by atoms with E-state index in [0.717, 1.165) is 29.3 Å². The lowest BCUT2D eigenvalue weighted by molar-refractivity contribution is 0.585. The maximum absolute atomic E-state index is 13.8. The van der Waals surface area contributed by atoms with Crippen molar-refractivity contribution in [3.8, 4) is 11.1 Å². The topological polar surface area (TPSA) is 12.0 Å². The minimum atomic E-state index is -0.554. The molecule has 0 bridgehead atoms. The maximum atomic E-state index is 13.8. The smallest absolute Gasteiger partial charge is 0.133 e. The van der Waals surface area contributed by atoms with Crippen molar-refractivity contribution in [1.29, 1.82) is 0 Å². The molecular weight excluding hydrogens is 256 g/mol. The molecule has 0 radical (unpaired) electrons. The van der Waals surface area contributed by atoms with Crippen molar-refractivity contribution >= 4 is 0 Å². The van der Waals surface area contributed by atoms with Crippen LogP contribution in [0.4, 0.5) is 8.78 Å². The van der Waals surface area contributed by atoms with Crippen LogP contribution in [0.1, 0.15) is 25.0 Å². The van der Waals surface area contributed by atoms with Gasteiger partial charge in [-0.25, -0.2) is 8.78 Å². The van der Waals surface area contributed by atoms with Crippen molar-refractivity contribution in [2.45, 2.75) is 33.4 Å². The third-order valence-electron chi connectivity index (χ3n) is 3.23. The fraction of sp³-hybridized carbons (Fsp3) is 0.294. The van der Waals surface area contributed by atoms with E-state index in [2.05, 4.69) is 19.2 Å². The molecule has 20 heavy (non-hydrogen) atoms. The standard InChI is InChI=1S/C17H19F2N/c1-11(2)20-10-13-4-6-15(12(3)8-13)16-7-5-14(18)9-17(16)19/h4-9,11,20H,10H2,1-3H3. The molecule has 3 heteroatoms. The van der Waals surface area contributed by atoms with Crippen LogP contribution in [-0.4, -0.2) is 6.04 Å². The lowest BCUT2D eigenvalue weighted by Crippen LogP contribution is -2.21. The Labute approximate surface area is 118 Å². The van der Waals surface area contributed by atoms with E-state index in [1.165, 1.54) is 12.1 Å². The van der Waals surface area contributed by atoms with Gasteiger partial charge in [0.15, 0.2) is 0 Å². The molecule has 0 fully saturated rings. The van der Waals surface area contributed by atoms with Crippen LogP contribution in [-0.2, 0) is 6.54 Å². The summed E-state index contributed by atoms with van der Waals surface area (Å²) in [5.41, 5.74) is 3.38. The Bertz CT molecular complexity index is 606. The molecule has 106 valence electrons. The molecule has 0 aliphatic heterocycles. The highest BCUT2D eigenvalue weighted by Crippen LogP contribution is 2.27. The van der Waals surface area contributed by atoms with Crippen LogP contribution in [0.3, 0.4) is 0 Å². The van der Waals surface area contributed by atoms with E-state index in [-0.39, 0.29) is 0 Å². The largest absolute Gasteiger partial charge is 0.310 e. The molecule has 0 amide bonds. The highest BCUT2D eigenvalue weighted by Gasteiger charge is 2.09. The zero-order valence-corrected chi connectivity index (χ0v) is 12.0. The van der Waals surface area contributed by atoms with Gasteiger partial charge < -0.3 is 5.32 Å². The number of halogens is 2. The SMILES string of the molecule is Cc1cc(CNC(C)C)ccc1-c1ccc(F)cc1F. The van der Waals surface area contributed by atoms with Crippen molar-refractivity contribution in [3.63, 3.8) is 0 Å². The normalized spacial score (nSPS) is 11.1. The number of aryl methyl sites for hydroxylation is 1. The van der Waals surface area contributed by atoms with E-state index < -0.39 is 11.6 Å².